The van der Waals surface area contributed by atoms with Crippen LogP contribution in [0.15, 0.2) is 98.6 Å². The number of aryl methyl sites for hydroxylation is 2. The average molecular weight is 636 g/mol. The van der Waals surface area contributed by atoms with E-state index in [2.05, 4.69) is 0 Å². The van der Waals surface area contributed by atoms with Crippen LogP contribution in [0.4, 0.5) is 5.69 Å². The second-order valence-electron chi connectivity index (χ2n) is 10.6. The second-order valence-corrected chi connectivity index (χ2v) is 11.6. The lowest BCUT2D eigenvalue weighted by atomic mass is 9.92. The Hall–Kier alpha value is -5.55. The number of esters is 1. The van der Waals surface area contributed by atoms with E-state index >= 15 is 0 Å². The van der Waals surface area contributed by atoms with E-state index in [1.165, 1.54) is 28.0 Å². The second kappa shape index (κ2) is 12.4. The van der Waals surface area contributed by atoms with Gasteiger partial charge in [0, 0.05) is 29.3 Å². The minimum absolute atomic E-state index is 0.00745. The molecule has 0 unspecified atom stereocenters. The molecule has 11 heteroatoms. The highest BCUT2D eigenvalue weighted by molar-refractivity contribution is 7.07. The largest absolute Gasteiger partial charge is 0.496 e. The molecule has 3 heterocycles. The molecule has 0 aliphatic carbocycles. The van der Waals surface area contributed by atoms with E-state index in [0.717, 1.165) is 5.56 Å². The van der Waals surface area contributed by atoms with E-state index in [9.17, 15) is 19.7 Å². The van der Waals surface area contributed by atoms with E-state index in [-0.39, 0.29) is 23.4 Å². The number of thiazole rings is 1. The molecule has 0 saturated carbocycles. The SMILES string of the molecule is CCOC(=O)C1=C(c2ccccc2)N=c2s/c(=C/c3ccc(-c4ccc([N+](=O)[O-])cc4C)o3)c(=O)n2[C@@H]1c1ccc(C)c(OC)c1. The zero-order valence-corrected chi connectivity index (χ0v) is 26.3. The molecule has 0 N–H and O–H groups in total. The first-order chi connectivity index (χ1) is 22.2. The Balaban J connectivity index is 1.55. The third-order valence-electron chi connectivity index (χ3n) is 7.71. The van der Waals surface area contributed by atoms with Gasteiger partial charge in [-0.3, -0.25) is 19.5 Å². The molecule has 0 fully saturated rings. The smallest absolute Gasteiger partial charge is 0.338 e. The quantitative estimate of drug-likeness (QED) is 0.121. The number of nitro groups is 1. The molecule has 2 aromatic heterocycles. The minimum atomic E-state index is -0.850. The van der Waals surface area contributed by atoms with Crippen molar-refractivity contribution in [1.29, 1.82) is 0 Å². The molecule has 46 heavy (non-hydrogen) atoms. The van der Waals surface area contributed by atoms with Crippen molar-refractivity contribution in [3.05, 3.63) is 142 Å². The van der Waals surface area contributed by atoms with Crippen LogP contribution in [0.2, 0.25) is 0 Å². The molecule has 0 radical (unpaired) electrons. The maximum absolute atomic E-state index is 14.2. The molecular formula is C35H29N3O7S. The number of carbonyl (C=O) groups excluding carboxylic acids is 1. The molecule has 0 bridgehead atoms. The topological polar surface area (TPSA) is 126 Å². The number of furan rings is 1. The van der Waals surface area contributed by atoms with E-state index < -0.39 is 16.9 Å². The first-order valence-corrected chi connectivity index (χ1v) is 15.3. The number of ether oxygens (including phenoxy) is 2. The molecule has 3 aromatic carbocycles. The molecule has 5 aromatic rings. The summed E-state index contributed by atoms with van der Waals surface area (Å²) in [5.41, 5.74) is 3.96. The highest BCUT2D eigenvalue weighted by Crippen LogP contribution is 2.37. The van der Waals surface area contributed by atoms with Gasteiger partial charge in [0.15, 0.2) is 4.80 Å². The van der Waals surface area contributed by atoms with Crippen LogP contribution in [0.1, 0.15) is 41.0 Å². The van der Waals surface area contributed by atoms with Crippen LogP contribution in [-0.4, -0.2) is 29.2 Å². The van der Waals surface area contributed by atoms with Crippen LogP contribution in [0.5, 0.6) is 5.75 Å². The Morgan fingerprint density at radius 2 is 1.85 bits per heavy atom. The van der Waals surface area contributed by atoms with Crippen LogP contribution in [0, 0.1) is 24.0 Å². The fourth-order valence-electron chi connectivity index (χ4n) is 5.50. The van der Waals surface area contributed by atoms with E-state index in [1.807, 2.05) is 55.5 Å². The minimum Gasteiger partial charge on any atom is -0.496 e. The summed E-state index contributed by atoms with van der Waals surface area (Å²) in [5.74, 6) is 0.968. The number of nitrogens with zero attached hydrogens (tertiary/aromatic N) is 3. The number of carbonyl (C=O) groups is 1. The summed E-state index contributed by atoms with van der Waals surface area (Å²) < 4.78 is 19.1. The van der Waals surface area contributed by atoms with Crippen LogP contribution in [-0.2, 0) is 9.53 Å². The highest BCUT2D eigenvalue weighted by atomic mass is 32.1. The molecule has 1 atom stereocenters. The molecule has 0 spiro atoms. The monoisotopic (exact) mass is 635 g/mol. The molecule has 232 valence electrons. The van der Waals surface area contributed by atoms with E-state index in [4.69, 9.17) is 18.9 Å². The summed E-state index contributed by atoms with van der Waals surface area (Å²) >= 11 is 1.18. The molecule has 1 aliphatic rings. The van der Waals surface area contributed by atoms with Crippen LogP contribution >= 0.6 is 11.3 Å². The van der Waals surface area contributed by atoms with Crippen LogP contribution < -0.4 is 19.6 Å². The molecule has 0 saturated heterocycles. The molecule has 10 nitrogen and oxygen atoms in total. The van der Waals surface area contributed by atoms with Gasteiger partial charge in [-0.1, -0.05) is 53.8 Å². The van der Waals surface area contributed by atoms with Crippen LogP contribution in [0.3, 0.4) is 0 Å². The Morgan fingerprint density at radius 3 is 2.54 bits per heavy atom. The highest BCUT2D eigenvalue weighted by Gasteiger charge is 2.35. The number of nitro benzene ring substituents is 1. The van der Waals surface area contributed by atoms with E-state index in [1.54, 1.807) is 45.2 Å². The predicted molar refractivity (Wildman–Crippen MR) is 174 cm³/mol. The maximum atomic E-state index is 14.2. The van der Waals surface area contributed by atoms with Crippen molar-refractivity contribution >= 4 is 34.8 Å². The fraction of sp³-hybridized carbons (Fsp3) is 0.171. The molecule has 1 aliphatic heterocycles. The first kappa shape index (κ1) is 30.5. The third kappa shape index (κ3) is 5.56. The number of non-ortho nitro benzene ring substituents is 1. The Labute approximate surface area is 267 Å². The predicted octanol–water partition coefficient (Wildman–Crippen LogP) is 5.73. The Bertz CT molecular complexity index is 2210. The number of benzene rings is 3. The van der Waals surface area contributed by atoms with Crippen LogP contribution in [0.25, 0.3) is 23.1 Å². The summed E-state index contributed by atoms with van der Waals surface area (Å²) in [6.07, 6.45) is 1.64. The van der Waals surface area contributed by atoms with Gasteiger partial charge in [0.25, 0.3) is 11.2 Å². The number of hydrogen-bond acceptors (Lipinski definition) is 9. The van der Waals surface area contributed by atoms with Gasteiger partial charge in [-0.25, -0.2) is 9.79 Å². The lowest BCUT2D eigenvalue weighted by Crippen LogP contribution is -2.40. The summed E-state index contributed by atoms with van der Waals surface area (Å²) in [5, 5.41) is 11.2. The van der Waals surface area contributed by atoms with Crippen molar-refractivity contribution in [2.24, 2.45) is 4.99 Å². The summed E-state index contributed by atoms with van der Waals surface area (Å²) in [4.78, 5) is 43.9. The number of aromatic nitrogens is 1. The van der Waals surface area contributed by atoms with E-state index in [0.29, 0.717) is 54.6 Å². The summed E-state index contributed by atoms with van der Waals surface area (Å²) in [6.45, 7) is 5.57. The van der Waals surface area contributed by atoms with Crippen molar-refractivity contribution in [2.45, 2.75) is 26.8 Å². The van der Waals surface area contributed by atoms with Crippen molar-refractivity contribution < 1.29 is 23.6 Å². The number of fused-ring (bicyclic) bond motifs is 1. The normalized spacial score (nSPS) is 14.5. The number of methoxy groups -OCH3 is 1. The molecule has 6 rings (SSSR count). The van der Waals surface area contributed by atoms with Gasteiger partial charge in [0.1, 0.15) is 17.3 Å². The fourth-order valence-corrected chi connectivity index (χ4v) is 6.49. The van der Waals surface area contributed by atoms with Gasteiger partial charge in [-0.05, 0) is 61.7 Å². The number of rotatable bonds is 8. The van der Waals surface area contributed by atoms with Gasteiger partial charge in [-0.15, -0.1) is 0 Å². The zero-order chi connectivity index (χ0) is 32.5. The van der Waals surface area contributed by atoms with Gasteiger partial charge in [0.2, 0.25) is 0 Å². The summed E-state index contributed by atoms with van der Waals surface area (Å²) in [6, 6.07) is 22.1. The Morgan fingerprint density at radius 1 is 1.07 bits per heavy atom. The van der Waals surface area contributed by atoms with Gasteiger partial charge in [-0.2, -0.15) is 0 Å². The zero-order valence-electron chi connectivity index (χ0n) is 25.5. The van der Waals surface area contributed by atoms with Gasteiger partial charge in [0.05, 0.1) is 40.5 Å². The molecular weight excluding hydrogens is 606 g/mol. The van der Waals surface area contributed by atoms with Gasteiger partial charge < -0.3 is 13.9 Å². The first-order valence-electron chi connectivity index (χ1n) is 14.5. The maximum Gasteiger partial charge on any atom is 0.338 e. The van der Waals surface area contributed by atoms with Crippen molar-refractivity contribution in [3.63, 3.8) is 0 Å². The molecule has 0 amide bonds. The third-order valence-corrected chi connectivity index (χ3v) is 8.69. The van der Waals surface area contributed by atoms with Crippen molar-refractivity contribution in [3.8, 4) is 17.1 Å². The van der Waals surface area contributed by atoms with Crippen molar-refractivity contribution in [2.75, 3.05) is 13.7 Å². The Kier molecular flexibility index (Phi) is 8.25. The number of hydrogen-bond donors (Lipinski definition) is 0. The van der Waals surface area contributed by atoms with Crippen molar-refractivity contribution in [1.82, 2.24) is 4.57 Å². The summed E-state index contributed by atoms with van der Waals surface area (Å²) in [7, 11) is 1.57. The lowest BCUT2D eigenvalue weighted by Gasteiger charge is -2.26. The van der Waals surface area contributed by atoms with Gasteiger partial charge >= 0.3 is 5.97 Å². The standard InChI is InChI=1S/C35H29N3O7S/c1-5-44-34(40)30-31(22-9-7-6-8-10-22)36-35-37(32(30)23-12-11-20(2)28(18-23)43-4)33(39)29(46-35)19-25-14-16-27(45-25)26-15-13-24(38(41)42)17-21(26)3/h6-19,32H,5H2,1-4H3/b29-19+/t32-/m1/s1. The lowest BCUT2D eigenvalue weighted by molar-refractivity contribution is -0.384. The average Bonchev–Trinajstić information content (AvgIpc) is 3.64.